The van der Waals surface area contributed by atoms with Crippen molar-refractivity contribution in [2.75, 3.05) is 0 Å². The van der Waals surface area contributed by atoms with Gasteiger partial charge in [-0.1, -0.05) is 6.42 Å². The van der Waals surface area contributed by atoms with E-state index in [9.17, 15) is 15.0 Å². The van der Waals surface area contributed by atoms with Gasteiger partial charge in [0.05, 0.1) is 0 Å². The van der Waals surface area contributed by atoms with Gasteiger partial charge in [-0.3, -0.25) is 4.79 Å². The van der Waals surface area contributed by atoms with E-state index in [2.05, 4.69) is 12.2 Å². The number of fused-ring (bicyclic) bond motifs is 2. The highest BCUT2D eigenvalue weighted by Crippen LogP contribution is 2.49. The van der Waals surface area contributed by atoms with E-state index in [1.165, 1.54) is 43.9 Å². The summed E-state index contributed by atoms with van der Waals surface area (Å²) in [6, 6.07) is 4.33. The second kappa shape index (κ2) is 5.00. The molecule has 2 bridgehead atoms. The molecule has 0 aliphatic heterocycles. The van der Waals surface area contributed by atoms with Crippen molar-refractivity contribution in [2.45, 2.75) is 38.6 Å². The molecule has 0 radical (unpaired) electrons. The molecule has 0 heterocycles. The van der Waals surface area contributed by atoms with Gasteiger partial charge in [0.25, 0.3) is 5.91 Å². The quantitative estimate of drug-likeness (QED) is 0.743. The van der Waals surface area contributed by atoms with Crippen molar-refractivity contribution in [3.05, 3.63) is 23.8 Å². The summed E-state index contributed by atoms with van der Waals surface area (Å²) in [5.41, 5.74) is 0.385. The van der Waals surface area contributed by atoms with Crippen LogP contribution in [0.15, 0.2) is 18.2 Å². The van der Waals surface area contributed by atoms with Crippen molar-refractivity contribution in [1.82, 2.24) is 5.32 Å². The molecule has 108 valence electrons. The molecule has 20 heavy (non-hydrogen) atoms. The fourth-order valence-electron chi connectivity index (χ4n) is 3.97. The number of carbonyl (C=O) groups is 1. The van der Waals surface area contributed by atoms with Crippen LogP contribution in [-0.4, -0.2) is 22.2 Å². The fraction of sp³-hybridized carbons (Fsp3) is 0.562. The lowest BCUT2D eigenvalue weighted by molar-refractivity contribution is 0.0915. The minimum Gasteiger partial charge on any atom is -0.504 e. The SMILES string of the molecule is CC(NC(=O)c1ccc(O)c(O)c1)C1CC2CCC1C2. The summed E-state index contributed by atoms with van der Waals surface area (Å²) in [7, 11) is 0. The predicted molar refractivity (Wildman–Crippen MR) is 75.6 cm³/mol. The van der Waals surface area contributed by atoms with Crippen LogP contribution >= 0.6 is 0 Å². The number of phenolic OH excluding ortho intramolecular Hbond substituents is 2. The van der Waals surface area contributed by atoms with Gasteiger partial charge in [0.2, 0.25) is 0 Å². The average molecular weight is 275 g/mol. The molecule has 3 N–H and O–H groups in total. The van der Waals surface area contributed by atoms with E-state index in [0.717, 1.165) is 11.8 Å². The molecule has 0 aromatic heterocycles. The Morgan fingerprint density at radius 1 is 1.25 bits per heavy atom. The van der Waals surface area contributed by atoms with Gasteiger partial charge in [-0.2, -0.15) is 0 Å². The molecule has 2 fully saturated rings. The molecule has 0 spiro atoms. The van der Waals surface area contributed by atoms with E-state index in [1.807, 2.05) is 0 Å². The average Bonchev–Trinajstić information content (AvgIpc) is 3.04. The van der Waals surface area contributed by atoms with E-state index in [0.29, 0.717) is 11.5 Å². The molecule has 2 saturated carbocycles. The highest BCUT2D eigenvalue weighted by Gasteiger charge is 2.42. The first-order chi connectivity index (χ1) is 9.54. The molecule has 1 aromatic carbocycles. The Hall–Kier alpha value is -1.71. The Morgan fingerprint density at radius 2 is 2.05 bits per heavy atom. The minimum atomic E-state index is -0.259. The summed E-state index contributed by atoms with van der Waals surface area (Å²) in [5.74, 6) is 1.57. The van der Waals surface area contributed by atoms with Crippen LogP contribution in [0.3, 0.4) is 0 Å². The zero-order valence-corrected chi connectivity index (χ0v) is 11.7. The lowest BCUT2D eigenvalue weighted by Crippen LogP contribution is -2.40. The van der Waals surface area contributed by atoms with Gasteiger partial charge in [0, 0.05) is 11.6 Å². The van der Waals surface area contributed by atoms with Crippen LogP contribution in [0.2, 0.25) is 0 Å². The summed E-state index contributed by atoms with van der Waals surface area (Å²) in [6.45, 7) is 2.07. The molecule has 0 saturated heterocycles. The summed E-state index contributed by atoms with van der Waals surface area (Å²) in [4.78, 5) is 12.2. The third-order valence-electron chi connectivity index (χ3n) is 5.03. The number of nitrogens with one attached hydrogen (secondary N) is 1. The van der Waals surface area contributed by atoms with Gasteiger partial charge in [-0.15, -0.1) is 0 Å². The van der Waals surface area contributed by atoms with Crippen molar-refractivity contribution >= 4 is 5.91 Å². The molecule has 4 heteroatoms. The summed E-state index contributed by atoms with van der Waals surface area (Å²) < 4.78 is 0. The van der Waals surface area contributed by atoms with Crippen molar-refractivity contribution in [3.8, 4) is 11.5 Å². The molecular formula is C16H21NO3. The fourth-order valence-corrected chi connectivity index (χ4v) is 3.97. The first-order valence-corrected chi connectivity index (χ1v) is 7.37. The zero-order valence-electron chi connectivity index (χ0n) is 11.7. The van der Waals surface area contributed by atoms with E-state index in [4.69, 9.17) is 0 Å². The Morgan fingerprint density at radius 3 is 2.65 bits per heavy atom. The number of carbonyl (C=O) groups excluding carboxylic acids is 1. The molecule has 1 amide bonds. The molecule has 3 rings (SSSR count). The van der Waals surface area contributed by atoms with Crippen LogP contribution < -0.4 is 5.32 Å². The first-order valence-electron chi connectivity index (χ1n) is 7.37. The van der Waals surface area contributed by atoms with Crippen LogP contribution in [0.5, 0.6) is 11.5 Å². The predicted octanol–water partition coefficient (Wildman–Crippen LogP) is 2.65. The van der Waals surface area contributed by atoms with Crippen molar-refractivity contribution in [3.63, 3.8) is 0 Å². The number of phenols is 2. The van der Waals surface area contributed by atoms with Crippen molar-refractivity contribution in [2.24, 2.45) is 17.8 Å². The lowest BCUT2D eigenvalue weighted by atomic mass is 9.84. The first kappa shape index (κ1) is 13.3. The highest BCUT2D eigenvalue weighted by atomic mass is 16.3. The number of aromatic hydroxyl groups is 2. The second-order valence-corrected chi connectivity index (χ2v) is 6.30. The number of hydrogen-bond donors (Lipinski definition) is 3. The molecule has 4 unspecified atom stereocenters. The van der Waals surface area contributed by atoms with E-state index in [1.54, 1.807) is 0 Å². The maximum absolute atomic E-state index is 12.2. The van der Waals surface area contributed by atoms with Crippen LogP contribution in [0.4, 0.5) is 0 Å². The molecule has 4 atom stereocenters. The third kappa shape index (κ3) is 2.35. The molecular weight excluding hydrogens is 254 g/mol. The summed E-state index contributed by atoms with van der Waals surface area (Å²) >= 11 is 0. The van der Waals surface area contributed by atoms with Gasteiger partial charge in [-0.25, -0.2) is 0 Å². The van der Waals surface area contributed by atoms with Gasteiger partial charge in [-0.05, 0) is 62.1 Å². The topological polar surface area (TPSA) is 69.6 Å². The Balaban J connectivity index is 1.65. The number of hydrogen-bond acceptors (Lipinski definition) is 3. The van der Waals surface area contributed by atoms with Crippen molar-refractivity contribution < 1.29 is 15.0 Å². The van der Waals surface area contributed by atoms with Gasteiger partial charge in [0.1, 0.15) is 0 Å². The standard InChI is InChI=1S/C16H21NO3/c1-9(13-7-10-2-3-11(13)6-10)17-16(20)12-4-5-14(18)15(19)8-12/h4-5,8-11,13,18-19H,2-3,6-7H2,1H3,(H,17,20). The lowest BCUT2D eigenvalue weighted by Gasteiger charge is -2.28. The summed E-state index contributed by atoms with van der Waals surface area (Å²) in [5, 5.41) is 21.8. The van der Waals surface area contributed by atoms with Gasteiger partial charge < -0.3 is 15.5 Å². The van der Waals surface area contributed by atoms with Crippen LogP contribution in [0, 0.1) is 17.8 Å². The highest BCUT2D eigenvalue weighted by molar-refractivity contribution is 5.95. The maximum Gasteiger partial charge on any atom is 0.251 e. The van der Waals surface area contributed by atoms with Gasteiger partial charge >= 0.3 is 0 Å². The molecule has 1 aromatic rings. The van der Waals surface area contributed by atoms with Crippen LogP contribution in [0.1, 0.15) is 43.0 Å². The van der Waals surface area contributed by atoms with Gasteiger partial charge in [0.15, 0.2) is 11.5 Å². The third-order valence-corrected chi connectivity index (χ3v) is 5.03. The van der Waals surface area contributed by atoms with Crippen molar-refractivity contribution in [1.29, 1.82) is 0 Å². The van der Waals surface area contributed by atoms with E-state index < -0.39 is 0 Å². The minimum absolute atomic E-state index is 0.161. The Labute approximate surface area is 118 Å². The summed E-state index contributed by atoms with van der Waals surface area (Å²) in [6.07, 6.45) is 5.21. The Bertz CT molecular complexity index is 528. The monoisotopic (exact) mass is 275 g/mol. The normalized spacial score (nSPS) is 29.4. The number of amides is 1. The van der Waals surface area contributed by atoms with E-state index in [-0.39, 0.29) is 23.4 Å². The largest absolute Gasteiger partial charge is 0.504 e. The number of rotatable bonds is 3. The second-order valence-electron chi connectivity index (χ2n) is 6.30. The molecule has 2 aliphatic carbocycles. The smallest absolute Gasteiger partial charge is 0.251 e. The number of benzene rings is 1. The Kier molecular flexibility index (Phi) is 3.32. The van der Waals surface area contributed by atoms with Crippen LogP contribution in [0.25, 0.3) is 0 Å². The van der Waals surface area contributed by atoms with Crippen LogP contribution in [-0.2, 0) is 0 Å². The zero-order chi connectivity index (χ0) is 14.3. The molecule has 2 aliphatic rings. The molecule has 4 nitrogen and oxygen atoms in total. The maximum atomic E-state index is 12.2. The van der Waals surface area contributed by atoms with E-state index >= 15 is 0 Å².